The molecule has 198 valence electrons. The zero-order valence-electron chi connectivity index (χ0n) is 20.5. The average Bonchev–Trinajstić information content (AvgIpc) is 2.86. The molecule has 0 aliphatic rings. The van der Waals surface area contributed by atoms with Crippen LogP contribution in [0.5, 0.6) is 5.75 Å². The van der Waals surface area contributed by atoms with Crippen molar-refractivity contribution in [3.8, 4) is 5.75 Å². The molecule has 0 aliphatic heterocycles. The smallest absolute Gasteiger partial charge is 0.255 e. The van der Waals surface area contributed by atoms with Crippen molar-refractivity contribution in [2.24, 2.45) is 5.73 Å². The summed E-state index contributed by atoms with van der Waals surface area (Å²) in [6, 6.07) is 16.2. The fourth-order valence-corrected chi connectivity index (χ4v) is 4.01. The van der Waals surface area contributed by atoms with Crippen molar-refractivity contribution in [1.82, 2.24) is 4.90 Å². The summed E-state index contributed by atoms with van der Waals surface area (Å²) in [4.78, 5) is 14.5. The quantitative estimate of drug-likeness (QED) is 0.329. The van der Waals surface area contributed by atoms with E-state index < -0.39 is 35.8 Å². The lowest BCUT2D eigenvalue weighted by molar-refractivity contribution is -0.144. The summed E-state index contributed by atoms with van der Waals surface area (Å²) < 4.78 is 32.6. The number of aliphatic hydroxyl groups is 2. The number of carbonyl (C=O) groups excluding carboxylic acids is 1. The molecule has 0 saturated carbocycles. The molecule has 0 fully saturated rings. The van der Waals surface area contributed by atoms with Gasteiger partial charge in [-0.05, 0) is 65.9 Å². The first-order valence-electron chi connectivity index (χ1n) is 12.0. The van der Waals surface area contributed by atoms with E-state index in [-0.39, 0.29) is 31.7 Å². The number of carbonyl (C=O) groups is 1. The second kappa shape index (κ2) is 13.5. The van der Waals surface area contributed by atoms with E-state index in [1.807, 2.05) is 31.2 Å². The monoisotopic (exact) mass is 532 g/mol. The van der Waals surface area contributed by atoms with E-state index in [4.69, 9.17) is 22.1 Å². The van der Waals surface area contributed by atoms with Crippen LogP contribution in [-0.2, 0) is 24.2 Å². The molecule has 0 saturated heterocycles. The van der Waals surface area contributed by atoms with Gasteiger partial charge in [0.1, 0.15) is 24.0 Å². The number of hydrogen-bond donors (Lipinski definition) is 3. The molecule has 3 rings (SSSR count). The van der Waals surface area contributed by atoms with Gasteiger partial charge in [0.15, 0.2) is 6.10 Å². The van der Waals surface area contributed by atoms with Crippen LogP contribution in [-0.4, -0.2) is 52.4 Å². The van der Waals surface area contributed by atoms with Gasteiger partial charge in [0, 0.05) is 30.2 Å². The maximum absolute atomic E-state index is 13.6. The van der Waals surface area contributed by atoms with Gasteiger partial charge in [0.05, 0.1) is 6.10 Å². The molecule has 0 heterocycles. The number of amides is 1. The lowest BCUT2D eigenvalue weighted by Crippen LogP contribution is -2.49. The van der Waals surface area contributed by atoms with Crippen LogP contribution in [0.15, 0.2) is 66.7 Å². The fraction of sp³-hybridized carbons (Fsp3) is 0.321. The number of rotatable bonds is 12. The third-order valence-corrected chi connectivity index (χ3v) is 6.14. The number of ether oxygens (including phenoxy) is 1. The molecule has 0 aromatic heterocycles. The summed E-state index contributed by atoms with van der Waals surface area (Å²) in [5.41, 5.74) is 8.30. The van der Waals surface area contributed by atoms with E-state index in [1.54, 1.807) is 24.3 Å². The van der Waals surface area contributed by atoms with Gasteiger partial charge < -0.3 is 25.6 Å². The maximum atomic E-state index is 13.6. The molecule has 3 aromatic rings. The highest BCUT2D eigenvalue weighted by Crippen LogP contribution is 2.17. The molecule has 0 aliphatic carbocycles. The number of nitrogens with two attached hydrogens (primary N) is 1. The molecule has 4 N–H and O–H groups in total. The van der Waals surface area contributed by atoms with Crippen molar-refractivity contribution < 1.29 is 28.5 Å². The Kier molecular flexibility index (Phi) is 10.4. The van der Waals surface area contributed by atoms with E-state index in [0.717, 1.165) is 35.7 Å². The standard InChI is InChI=1S/C28H31ClF2N2O4/c1-2-18-4-3-5-19(10-18)15-33(28(36)27(35)17-37-24-8-6-21(29)7-9-24)16-26(34)25(32)13-20-11-22(30)14-23(31)12-20/h3-12,14,25-27,34-35H,2,13,15-17,32H2,1H3. The van der Waals surface area contributed by atoms with Gasteiger partial charge >= 0.3 is 0 Å². The largest absolute Gasteiger partial charge is 0.490 e. The van der Waals surface area contributed by atoms with Gasteiger partial charge in [0.25, 0.3) is 5.91 Å². The number of hydrogen-bond acceptors (Lipinski definition) is 5. The highest BCUT2D eigenvalue weighted by Gasteiger charge is 2.27. The number of halogens is 3. The van der Waals surface area contributed by atoms with E-state index in [0.29, 0.717) is 10.8 Å². The molecule has 9 heteroatoms. The Hall–Kier alpha value is -3.04. The lowest BCUT2D eigenvalue weighted by Gasteiger charge is -2.30. The Labute approximate surface area is 220 Å². The van der Waals surface area contributed by atoms with Gasteiger partial charge in [0.2, 0.25) is 0 Å². The van der Waals surface area contributed by atoms with Crippen LogP contribution < -0.4 is 10.5 Å². The first-order chi connectivity index (χ1) is 17.6. The minimum absolute atomic E-state index is 0.00850. The highest BCUT2D eigenvalue weighted by molar-refractivity contribution is 6.30. The summed E-state index contributed by atoms with van der Waals surface area (Å²) in [6.45, 7) is 1.61. The molecule has 37 heavy (non-hydrogen) atoms. The third kappa shape index (κ3) is 8.79. The minimum Gasteiger partial charge on any atom is -0.490 e. The lowest BCUT2D eigenvalue weighted by atomic mass is 10.0. The van der Waals surface area contributed by atoms with Crippen LogP contribution in [0.3, 0.4) is 0 Å². The molecule has 3 aromatic carbocycles. The highest BCUT2D eigenvalue weighted by atomic mass is 35.5. The second-order valence-electron chi connectivity index (χ2n) is 8.89. The molecule has 3 atom stereocenters. The molecular weight excluding hydrogens is 502 g/mol. The average molecular weight is 533 g/mol. The number of aryl methyl sites for hydroxylation is 1. The molecule has 3 unspecified atom stereocenters. The first kappa shape index (κ1) is 28.5. The summed E-state index contributed by atoms with van der Waals surface area (Å²) in [7, 11) is 0. The summed E-state index contributed by atoms with van der Waals surface area (Å²) in [5.74, 6) is -1.71. The van der Waals surface area contributed by atoms with Crippen LogP contribution in [0, 0.1) is 11.6 Å². The van der Waals surface area contributed by atoms with Crippen molar-refractivity contribution in [3.63, 3.8) is 0 Å². The second-order valence-corrected chi connectivity index (χ2v) is 9.32. The zero-order chi connectivity index (χ0) is 26.9. The van der Waals surface area contributed by atoms with Crippen LogP contribution in [0.4, 0.5) is 8.78 Å². The maximum Gasteiger partial charge on any atom is 0.255 e. The van der Waals surface area contributed by atoms with Crippen molar-refractivity contribution in [2.45, 2.75) is 44.6 Å². The Balaban J connectivity index is 1.72. The molecule has 0 bridgehead atoms. The number of nitrogens with zero attached hydrogens (tertiary/aromatic N) is 1. The molecular formula is C28H31ClF2N2O4. The predicted molar refractivity (Wildman–Crippen MR) is 138 cm³/mol. The van der Waals surface area contributed by atoms with Gasteiger partial charge in [-0.1, -0.05) is 42.8 Å². The van der Waals surface area contributed by atoms with Crippen LogP contribution in [0.25, 0.3) is 0 Å². The molecule has 0 spiro atoms. The van der Waals surface area contributed by atoms with Crippen molar-refractivity contribution in [1.29, 1.82) is 0 Å². The van der Waals surface area contributed by atoms with E-state index in [9.17, 15) is 23.8 Å². The molecule has 1 amide bonds. The van der Waals surface area contributed by atoms with Crippen molar-refractivity contribution in [2.75, 3.05) is 13.2 Å². The van der Waals surface area contributed by atoms with Gasteiger partial charge in [-0.2, -0.15) is 0 Å². The van der Waals surface area contributed by atoms with Gasteiger partial charge in [-0.25, -0.2) is 8.78 Å². The van der Waals surface area contributed by atoms with E-state index in [2.05, 4.69) is 0 Å². The Morgan fingerprint density at radius 2 is 1.65 bits per heavy atom. The normalized spacial score (nSPS) is 13.6. The minimum atomic E-state index is -1.51. The summed E-state index contributed by atoms with van der Waals surface area (Å²) in [5, 5.41) is 21.9. The Bertz CT molecular complexity index is 1160. The van der Waals surface area contributed by atoms with E-state index in [1.165, 1.54) is 4.90 Å². The molecule has 0 radical (unpaired) electrons. The van der Waals surface area contributed by atoms with Crippen molar-refractivity contribution in [3.05, 3.63) is 100 Å². The first-order valence-corrected chi connectivity index (χ1v) is 12.3. The van der Waals surface area contributed by atoms with Crippen LogP contribution >= 0.6 is 11.6 Å². The summed E-state index contributed by atoms with van der Waals surface area (Å²) in [6.07, 6.45) is -1.94. The number of benzene rings is 3. The van der Waals surface area contributed by atoms with E-state index >= 15 is 0 Å². The Morgan fingerprint density at radius 3 is 2.30 bits per heavy atom. The third-order valence-electron chi connectivity index (χ3n) is 5.89. The molecule has 6 nitrogen and oxygen atoms in total. The van der Waals surface area contributed by atoms with Gasteiger partial charge in [-0.3, -0.25) is 4.79 Å². The summed E-state index contributed by atoms with van der Waals surface area (Å²) >= 11 is 5.87. The zero-order valence-corrected chi connectivity index (χ0v) is 21.2. The fourth-order valence-electron chi connectivity index (χ4n) is 3.89. The topological polar surface area (TPSA) is 96.0 Å². The van der Waals surface area contributed by atoms with Crippen LogP contribution in [0.1, 0.15) is 23.6 Å². The Morgan fingerprint density at radius 1 is 1.00 bits per heavy atom. The number of aliphatic hydroxyl groups excluding tert-OH is 2. The van der Waals surface area contributed by atoms with Gasteiger partial charge in [-0.15, -0.1) is 0 Å². The predicted octanol–water partition coefficient (Wildman–Crippen LogP) is 3.88. The van der Waals surface area contributed by atoms with Crippen LogP contribution in [0.2, 0.25) is 5.02 Å². The van der Waals surface area contributed by atoms with Crippen molar-refractivity contribution >= 4 is 17.5 Å². The SMILES string of the molecule is CCc1cccc(CN(CC(O)C(N)Cc2cc(F)cc(F)c2)C(=O)C(O)COc2ccc(Cl)cc2)c1.